The number of aromatic nitrogens is 5. The van der Waals surface area contributed by atoms with Crippen LogP contribution >= 0.6 is 11.8 Å². The van der Waals surface area contributed by atoms with Crippen LogP contribution < -0.4 is 5.56 Å². The molecule has 114 valence electrons. The van der Waals surface area contributed by atoms with E-state index < -0.39 is 0 Å². The van der Waals surface area contributed by atoms with Gasteiger partial charge >= 0.3 is 0 Å². The van der Waals surface area contributed by atoms with Crippen LogP contribution in [0.15, 0.2) is 58.6 Å². The van der Waals surface area contributed by atoms with Crippen LogP contribution in [0.4, 0.5) is 0 Å². The maximum atomic E-state index is 12.0. The fourth-order valence-corrected chi connectivity index (χ4v) is 3.28. The van der Waals surface area contributed by atoms with E-state index in [1.807, 2.05) is 47.0 Å². The SMILES string of the molecule is O=c1[nH]c(CCSc2nnc3ccccn23)nc2ccccc12. The van der Waals surface area contributed by atoms with E-state index in [-0.39, 0.29) is 5.56 Å². The van der Waals surface area contributed by atoms with Gasteiger partial charge < -0.3 is 4.98 Å². The monoisotopic (exact) mass is 323 g/mol. The highest BCUT2D eigenvalue weighted by Crippen LogP contribution is 2.17. The molecule has 3 heterocycles. The Kier molecular flexibility index (Phi) is 3.55. The lowest BCUT2D eigenvalue weighted by Gasteiger charge is -2.02. The summed E-state index contributed by atoms with van der Waals surface area (Å²) in [5.41, 5.74) is 1.46. The summed E-state index contributed by atoms with van der Waals surface area (Å²) in [4.78, 5) is 19.4. The number of fused-ring (bicyclic) bond motifs is 2. The average molecular weight is 323 g/mol. The summed E-state index contributed by atoms with van der Waals surface area (Å²) in [6.07, 6.45) is 2.60. The Hall–Kier alpha value is -2.67. The minimum atomic E-state index is -0.0940. The molecule has 0 saturated carbocycles. The number of rotatable bonds is 4. The van der Waals surface area contributed by atoms with E-state index >= 15 is 0 Å². The molecule has 0 spiro atoms. The second kappa shape index (κ2) is 5.85. The topological polar surface area (TPSA) is 75.9 Å². The smallest absolute Gasteiger partial charge is 0.258 e. The molecule has 0 fully saturated rings. The van der Waals surface area contributed by atoms with Crippen LogP contribution in [0.25, 0.3) is 16.6 Å². The molecule has 4 rings (SSSR count). The molecule has 3 aromatic heterocycles. The van der Waals surface area contributed by atoms with Crippen LogP contribution in [0, 0.1) is 0 Å². The first kappa shape index (κ1) is 14.0. The quantitative estimate of drug-likeness (QED) is 0.583. The molecule has 1 N–H and O–H groups in total. The number of aryl methyl sites for hydroxylation is 1. The summed E-state index contributed by atoms with van der Waals surface area (Å²) in [6.45, 7) is 0. The predicted molar refractivity (Wildman–Crippen MR) is 89.8 cm³/mol. The van der Waals surface area contributed by atoms with Gasteiger partial charge in [0.15, 0.2) is 10.8 Å². The maximum Gasteiger partial charge on any atom is 0.258 e. The first-order valence-electron chi connectivity index (χ1n) is 7.22. The Morgan fingerprint density at radius 2 is 1.96 bits per heavy atom. The van der Waals surface area contributed by atoms with Gasteiger partial charge in [0.25, 0.3) is 5.56 Å². The minimum Gasteiger partial charge on any atom is -0.310 e. The van der Waals surface area contributed by atoms with E-state index in [2.05, 4.69) is 20.2 Å². The van der Waals surface area contributed by atoms with Crippen molar-refractivity contribution in [3.63, 3.8) is 0 Å². The molecular formula is C16H13N5OS. The van der Waals surface area contributed by atoms with Crippen molar-refractivity contribution in [3.05, 3.63) is 64.8 Å². The number of nitrogens with one attached hydrogen (secondary N) is 1. The van der Waals surface area contributed by atoms with E-state index in [0.717, 1.165) is 22.1 Å². The zero-order chi connectivity index (χ0) is 15.6. The van der Waals surface area contributed by atoms with Crippen LogP contribution in [0.5, 0.6) is 0 Å². The number of hydrogen-bond acceptors (Lipinski definition) is 5. The van der Waals surface area contributed by atoms with Gasteiger partial charge in [-0.2, -0.15) is 0 Å². The summed E-state index contributed by atoms with van der Waals surface area (Å²) >= 11 is 1.59. The first-order chi connectivity index (χ1) is 11.3. The first-order valence-corrected chi connectivity index (χ1v) is 8.20. The molecule has 0 unspecified atom stereocenters. The third kappa shape index (κ3) is 2.70. The van der Waals surface area contributed by atoms with Crippen LogP contribution in [0.2, 0.25) is 0 Å². The molecule has 0 atom stereocenters. The zero-order valence-corrected chi connectivity index (χ0v) is 13.0. The Morgan fingerprint density at radius 3 is 2.91 bits per heavy atom. The zero-order valence-electron chi connectivity index (χ0n) is 12.1. The molecule has 4 aromatic rings. The van der Waals surface area contributed by atoms with Crippen molar-refractivity contribution >= 4 is 28.3 Å². The van der Waals surface area contributed by atoms with Gasteiger partial charge in [-0.15, -0.1) is 10.2 Å². The van der Waals surface area contributed by atoms with Crippen LogP contribution in [0.3, 0.4) is 0 Å². The summed E-state index contributed by atoms with van der Waals surface area (Å²) < 4.78 is 1.95. The van der Waals surface area contributed by atoms with Gasteiger partial charge in [-0.05, 0) is 24.3 Å². The van der Waals surface area contributed by atoms with Crippen molar-refractivity contribution < 1.29 is 0 Å². The molecule has 1 aromatic carbocycles. The molecule has 0 aliphatic heterocycles. The fourth-order valence-electron chi connectivity index (χ4n) is 2.41. The summed E-state index contributed by atoms with van der Waals surface area (Å²) in [6, 6.07) is 13.2. The Morgan fingerprint density at radius 1 is 1.09 bits per heavy atom. The molecule has 0 aliphatic carbocycles. The number of para-hydroxylation sites is 1. The van der Waals surface area contributed by atoms with E-state index in [0.29, 0.717) is 17.6 Å². The highest BCUT2D eigenvalue weighted by atomic mass is 32.2. The standard InChI is InChI=1S/C16H13N5OS/c22-15-11-5-1-2-6-12(11)17-13(18-15)8-10-23-16-20-19-14-7-3-4-9-21(14)16/h1-7,9H,8,10H2,(H,17,18,22). The van der Waals surface area contributed by atoms with Crippen molar-refractivity contribution in [2.24, 2.45) is 0 Å². The lowest BCUT2D eigenvalue weighted by molar-refractivity contribution is 0.910. The number of nitrogens with zero attached hydrogens (tertiary/aromatic N) is 4. The van der Waals surface area contributed by atoms with E-state index in [1.54, 1.807) is 17.8 Å². The number of hydrogen-bond donors (Lipinski definition) is 1. The van der Waals surface area contributed by atoms with Gasteiger partial charge in [-0.3, -0.25) is 9.20 Å². The average Bonchev–Trinajstić information content (AvgIpc) is 2.98. The molecule has 0 aliphatic rings. The van der Waals surface area contributed by atoms with E-state index in [9.17, 15) is 4.79 Å². The van der Waals surface area contributed by atoms with Crippen molar-refractivity contribution in [1.82, 2.24) is 24.6 Å². The number of H-pyrrole nitrogens is 1. The van der Waals surface area contributed by atoms with E-state index in [1.165, 1.54) is 0 Å². The molecule has 7 heteroatoms. The predicted octanol–water partition coefficient (Wildman–Crippen LogP) is 2.30. The van der Waals surface area contributed by atoms with Gasteiger partial charge in [0.05, 0.1) is 10.9 Å². The maximum absolute atomic E-state index is 12.0. The molecule has 6 nitrogen and oxygen atoms in total. The summed E-state index contributed by atoms with van der Waals surface area (Å²) in [5, 5.41) is 9.75. The number of thioether (sulfide) groups is 1. The van der Waals surface area contributed by atoms with Gasteiger partial charge in [0.1, 0.15) is 5.82 Å². The highest BCUT2D eigenvalue weighted by molar-refractivity contribution is 7.99. The number of benzene rings is 1. The second-order valence-electron chi connectivity index (χ2n) is 5.04. The van der Waals surface area contributed by atoms with E-state index in [4.69, 9.17) is 0 Å². The van der Waals surface area contributed by atoms with Gasteiger partial charge in [-0.25, -0.2) is 4.98 Å². The van der Waals surface area contributed by atoms with Gasteiger partial charge in [-0.1, -0.05) is 30.0 Å². The van der Waals surface area contributed by atoms with Crippen molar-refractivity contribution in [2.45, 2.75) is 11.6 Å². The Bertz CT molecular complexity index is 1040. The van der Waals surface area contributed by atoms with Crippen molar-refractivity contribution in [1.29, 1.82) is 0 Å². The molecular weight excluding hydrogens is 310 g/mol. The summed E-state index contributed by atoms with van der Waals surface area (Å²) in [7, 11) is 0. The van der Waals surface area contributed by atoms with Crippen molar-refractivity contribution in [3.8, 4) is 0 Å². The Balaban J connectivity index is 1.52. The van der Waals surface area contributed by atoms with Crippen molar-refractivity contribution in [2.75, 3.05) is 5.75 Å². The molecule has 23 heavy (non-hydrogen) atoms. The molecule has 0 amide bonds. The molecule has 0 bridgehead atoms. The van der Waals surface area contributed by atoms with Crippen LogP contribution in [-0.2, 0) is 6.42 Å². The van der Waals surface area contributed by atoms with Crippen LogP contribution in [0.1, 0.15) is 5.82 Å². The van der Waals surface area contributed by atoms with Gasteiger partial charge in [0.2, 0.25) is 0 Å². The van der Waals surface area contributed by atoms with Crippen LogP contribution in [-0.4, -0.2) is 30.3 Å². The summed E-state index contributed by atoms with van der Waals surface area (Å²) in [5.74, 6) is 1.45. The molecule has 0 saturated heterocycles. The third-order valence-corrected chi connectivity index (χ3v) is 4.46. The third-order valence-electron chi connectivity index (χ3n) is 3.51. The van der Waals surface area contributed by atoms with Gasteiger partial charge in [0, 0.05) is 18.4 Å². The lowest BCUT2D eigenvalue weighted by atomic mass is 10.2. The Labute approximate surface area is 135 Å². The number of pyridine rings is 1. The molecule has 0 radical (unpaired) electrons. The lowest BCUT2D eigenvalue weighted by Crippen LogP contribution is -2.12. The largest absolute Gasteiger partial charge is 0.310 e. The number of aromatic amines is 1. The second-order valence-corrected chi connectivity index (χ2v) is 6.10. The highest BCUT2D eigenvalue weighted by Gasteiger charge is 2.07. The normalized spacial score (nSPS) is 11.3. The minimum absolute atomic E-state index is 0.0940. The fraction of sp³-hybridized carbons (Fsp3) is 0.125.